The number of hydrogen-bond donors (Lipinski definition) is 2. The molecule has 2 aliphatic heterocycles. The van der Waals surface area contributed by atoms with E-state index in [2.05, 4.69) is 21.2 Å². The van der Waals surface area contributed by atoms with Crippen molar-refractivity contribution in [1.82, 2.24) is 0 Å². The zero-order chi connectivity index (χ0) is 25.2. The normalized spacial score (nSPS) is 18.8. The van der Waals surface area contributed by atoms with E-state index >= 15 is 0 Å². The molecule has 2 heterocycles. The number of carbonyl (C=O) groups excluding carboxylic acids is 3. The van der Waals surface area contributed by atoms with Gasteiger partial charge in [0.1, 0.15) is 28.9 Å². The largest absolute Gasteiger partial charge is 0.462 e. The molecule has 1 spiro atoms. The molecular formula is C25H23BrN2O7. The Hall–Kier alpha value is -3.63. The van der Waals surface area contributed by atoms with Crippen molar-refractivity contribution in [2.45, 2.75) is 12.3 Å². The number of carbonyl (C=O) groups is 3. The smallest absolute Gasteiger partial charge is 0.341 e. The maximum absolute atomic E-state index is 13.9. The lowest BCUT2D eigenvalue weighted by Gasteiger charge is -2.36. The van der Waals surface area contributed by atoms with Gasteiger partial charge in [0.15, 0.2) is 0 Å². The van der Waals surface area contributed by atoms with E-state index in [0.29, 0.717) is 21.3 Å². The van der Waals surface area contributed by atoms with E-state index < -0.39 is 23.3 Å². The van der Waals surface area contributed by atoms with Gasteiger partial charge >= 0.3 is 11.9 Å². The molecule has 0 radical (unpaired) electrons. The predicted octanol–water partition coefficient (Wildman–Crippen LogP) is 3.00. The standard InChI is InChI=1S/C25H23BrN2O7/c1-3-33-22(29)18-20(14-7-5-4-6-8-14)35-21(27)19(23(30)34-12-11-32-2)25(18)16-13-15(26)9-10-17(16)28-24(25)31/h4-10,13H,3,11-12,27H2,1-2H3,(H,28,31)/t25-/m0/s1. The van der Waals surface area contributed by atoms with Gasteiger partial charge in [-0.25, -0.2) is 9.59 Å². The second-order valence-corrected chi connectivity index (χ2v) is 8.57. The van der Waals surface area contributed by atoms with Crippen molar-refractivity contribution >= 4 is 45.2 Å². The number of esters is 2. The van der Waals surface area contributed by atoms with Gasteiger partial charge in [-0.2, -0.15) is 0 Å². The van der Waals surface area contributed by atoms with Crippen LogP contribution in [0.5, 0.6) is 0 Å². The van der Waals surface area contributed by atoms with Crippen LogP contribution in [0.25, 0.3) is 5.76 Å². The maximum Gasteiger partial charge on any atom is 0.341 e. The predicted molar refractivity (Wildman–Crippen MR) is 130 cm³/mol. The highest BCUT2D eigenvalue weighted by atomic mass is 79.9. The Morgan fingerprint density at radius 2 is 1.77 bits per heavy atom. The fourth-order valence-electron chi connectivity index (χ4n) is 4.25. The van der Waals surface area contributed by atoms with Crippen molar-refractivity contribution in [3.63, 3.8) is 0 Å². The molecule has 1 atom stereocenters. The highest BCUT2D eigenvalue weighted by Gasteiger charge is 2.62. The highest BCUT2D eigenvalue weighted by Crippen LogP contribution is 2.54. The number of nitrogens with one attached hydrogen (secondary N) is 1. The molecule has 3 N–H and O–H groups in total. The van der Waals surface area contributed by atoms with Gasteiger partial charge in [-0.3, -0.25) is 4.79 Å². The van der Waals surface area contributed by atoms with Crippen LogP contribution in [0.15, 0.2) is 70.0 Å². The molecule has 0 saturated heterocycles. The van der Waals surface area contributed by atoms with Gasteiger partial charge in [0.2, 0.25) is 11.8 Å². The Balaban J connectivity index is 2.07. The minimum atomic E-state index is -1.98. The van der Waals surface area contributed by atoms with Crippen molar-refractivity contribution in [2.24, 2.45) is 5.73 Å². The second-order valence-electron chi connectivity index (χ2n) is 7.65. The molecule has 2 aliphatic rings. The van der Waals surface area contributed by atoms with E-state index in [0.717, 1.165) is 0 Å². The molecule has 1 amide bonds. The zero-order valence-corrected chi connectivity index (χ0v) is 20.6. The minimum Gasteiger partial charge on any atom is -0.462 e. The van der Waals surface area contributed by atoms with Crippen molar-refractivity contribution in [3.05, 3.63) is 81.2 Å². The van der Waals surface area contributed by atoms with Crippen LogP contribution in [-0.2, 0) is 38.7 Å². The number of rotatable bonds is 7. The molecule has 0 aliphatic carbocycles. The Bertz CT molecular complexity index is 1260. The molecule has 0 saturated carbocycles. The number of methoxy groups -OCH3 is 1. The number of fused-ring (bicyclic) bond motifs is 2. The lowest BCUT2D eigenvalue weighted by Crippen LogP contribution is -2.48. The van der Waals surface area contributed by atoms with Crippen LogP contribution in [0.3, 0.4) is 0 Å². The lowest BCUT2D eigenvalue weighted by atomic mass is 9.67. The number of amides is 1. The average molecular weight is 543 g/mol. The number of nitrogens with two attached hydrogens (primary N) is 1. The van der Waals surface area contributed by atoms with E-state index in [1.165, 1.54) is 7.11 Å². The Morgan fingerprint density at radius 3 is 2.46 bits per heavy atom. The fourth-order valence-corrected chi connectivity index (χ4v) is 4.61. The third kappa shape index (κ3) is 4.08. The van der Waals surface area contributed by atoms with Crippen LogP contribution in [0.4, 0.5) is 5.69 Å². The van der Waals surface area contributed by atoms with Crippen LogP contribution in [-0.4, -0.2) is 44.8 Å². The molecule has 0 unspecified atom stereocenters. The first-order chi connectivity index (χ1) is 16.9. The number of halogens is 1. The van der Waals surface area contributed by atoms with Crippen molar-refractivity contribution in [1.29, 1.82) is 0 Å². The monoisotopic (exact) mass is 542 g/mol. The van der Waals surface area contributed by atoms with Crippen molar-refractivity contribution in [2.75, 3.05) is 32.2 Å². The summed E-state index contributed by atoms with van der Waals surface area (Å²) in [4.78, 5) is 40.8. The first-order valence-corrected chi connectivity index (χ1v) is 11.6. The summed E-state index contributed by atoms with van der Waals surface area (Å²) >= 11 is 3.42. The number of ether oxygens (including phenoxy) is 4. The molecule has 9 nitrogen and oxygen atoms in total. The Kier molecular flexibility index (Phi) is 6.95. The molecule has 0 bridgehead atoms. The summed E-state index contributed by atoms with van der Waals surface area (Å²) in [6.45, 7) is 1.69. The van der Waals surface area contributed by atoms with Crippen LogP contribution in [0, 0.1) is 0 Å². The third-order valence-corrected chi connectivity index (χ3v) is 6.14. The maximum atomic E-state index is 13.9. The third-order valence-electron chi connectivity index (χ3n) is 5.65. The van der Waals surface area contributed by atoms with Crippen LogP contribution in [0.1, 0.15) is 18.1 Å². The molecule has 2 aromatic rings. The van der Waals surface area contributed by atoms with Gasteiger partial charge in [0.25, 0.3) is 0 Å². The summed E-state index contributed by atoms with van der Waals surface area (Å²) < 4.78 is 22.2. The van der Waals surface area contributed by atoms with Crippen LogP contribution >= 0.6 is 15.9 Å². The molecule has 10 heteroatoms. The van der Waals surface area contributed by atoms with Gasteiger partial charge in [0, 0.05) is 28.4 Å². The first kappa shape index (κ1) is 24.5. The lowest BCUT2D eigenvalue weighted by molar-refractivity contribution is -0.143. The van der Waals surface area contributed by atoms with E-state index in [1.54, 1.807) is 55.5 Å². The molecule has 4 rings (SSSR count). The van der Waals surface area contributed by atoms with Gasteiger partial charge in [-0.1, -0.05) is 46.3 Å². The molecule has 35 heavy (non-hydrogen) atoms. The van der Waals surface area contributed by atoms with Crippen LogP contribution in [0.2, 0.25) is 0 Å². The fraction of sp³-hybridized carbons (Fsp3) is 0.240. The number of benzene rings is 2. The van der Waals surface area contributed by atoms with Crippen LogP contribution < -0.4 is 11.1 Å². The quantitative estimate of drug-likeness (QED) is 0.403. The summed E-state index contributed by atoms with van der Waals surface area (Å²) in [5.74, 6) is -2.76. The summed E-state index contributed by atoms with van der Waals surface area (Å²) in [6.07, 6.45) is 0. The number of hydrogen-bond acceptors (Lipinski definition) is 8. The van der Waals surface area contributed by atoms with Gasteiger partial charge in [-0.15, -0.1) is 0 Å². The Morgan fingerprint density at radius 1 is 1.06 bits per heavy atom. The summed E-state index contributed by atoms with van der Waals surface area (Å²) in [7, 11) is 1.46. The average Bonchev–Trinajstić information content (AvgIpc) is 3.11. The molecule has 182 valence electrons. The zero-order valence-electron chi connectivity index (χ0n) is 19.1. The number of anilines is 1. The van der Waals surface area contributed by atoms with Gasteiger partial charge < -0.3 is 30.0 Å². The SMILES string of the molecule is CCOC(=O)C1=C(c2ccccc2)OC(N)=C(C(=O)OCCOC)[C@@]12C(=O)Nc1ccc(Br)cc12. The second kappa shape index (κ2) is 9.93. The molecule has 2 aromatic carbocycles. The Labute approximate surface area is 210 Å². The summed E-state index contributed by atoms with van der Waals surface area (Å²) in [5.41, 5.74) is 5.05. The molecule has 0 aromatic heterocycles. The van der Waals surface area contributed by atoms with E-state index in [-0.39, 0.29) is 42.6 Å². The highest BCUT2D eigenvalue weighted by molar-refractivity contribution is 9.10. The van der Waals surface area contributed by atoms with Crippen molar-refractivity contribution < 1.29 is 33.3 Å². The van der Waals surface area contributed by atoms with Gasteiger partial charge in [0.05, 0.1) is 13.2 Å². The van der Waals surface area contributed by atoms with E-state index in [9.17, 15) is 14.4 Å². The first-order valence-electron chi connectivity index (χ1n) is 10.8. The summed E-state index contributed by atoms with van der Waals surface area (Å²) in [5, 5.41) is 2.78. The molecular weight excluding hydrogens is 520 g/mol. The van der Waals surface area contributed by atoms with E-state index in [4.69, 9.17) is 24.7 Å². The summed E-state index contributed by atoms with van der Waals surface area (Å²) in [6, 6.07) is 13.7. The topological polar surface area (TPSA) is 126 Å². The minimum absolute atomic E-state index is 0.0120. The van der Waals surface area contributed by atoms with Crippen molar-refractivity contribution in [3.8, 4) is 0 Å². The molecule has 0 fully saturated rings. The van der Waals surface area contributed by atoms with E-state index in [1.807, 2.05) is 0 Å². The van der Waals surface area contributed by atoms with Gasteiger partial charge in [-0.05, 0) is 25.1 Å².